The van der Waals surface area contributed by atoms with Gasteiger partial charge in [-0.05, 0) is 25.5 Å². The number of amides is 1. The van der Waals surface area contributed by atoms with Gasteiger partial charge in [0.1, 0.15) is 11.5 Å². The van der Waals surface area contributed by atoms with Gasteiger partial charge in [0.2, 0.25) is 5.95 Å². The molecule has 0 bridgehead atoms. The quantitative estimate of drug-likeness (QED) is 0.449. The van der Waals surface area contributed by atoms with E-state index in [1.807, 2.05) is 13.1 Å². The molecule has 1 aliphatic heterocycles. The second-order valence-electron chi connectivity index (χ2n) is 8.59. The fourth-order valence-corrected chi connectivity index (χ4v) is 4.21. The van der Waals surface area contributed by atoms with Gasteiger partial charge in [-0.25, -0.2) is 15.0 Å². The molecular formula is C23H22F3N9O. The second kappa shape index (κ2) is 8.73. The van der Waals surface area contributed by atoms with Gasteiger partial charge in [-0.3, -0.25) is 14.5 Å². The molecule has 1 N–H and O–H groups in total. The van der Waals surface area contributed by atoms with E-state index in [0.717, 1.165) is 11.8 Å². The molecule has 0 radical (unpaired) electrons. The topological polar surface area (TPSA) is 107 Å². The summed E-state index contributed by atoms with van der Waals surface area (Å²) in [5.41, 5.74) is 1.13. The molecule has 13 heteroatoms. The van der Waals surface area contributed by atoms with E-state index < -0.39 is 17.8 Å². The molecule has 36 heavy (non-hydrogen) atoms. The molecule has 4 aromatic rings. The van der Waals surface area contributed by atoms with Crippen LogP contribution in [0.5, 0.6) is 0 Å². The fourth-order valence-electron chi connectivity index (χ4n) is 4.21. The Bertz CT molecular complexity index is 1440. The van der Waals surface area contributed by atoms with Crippen LogP contribution in [-0.4, -0.2) is 51.1 Å². The first-order valence-corrected chi connectivity index (χ1v) is 11.1. The highest BCUT2D eigenvalue weighted by atomic mass is 19.4. The van der Waals surface area contributed by atoms with Crippen molar-refractivity contribution in [1.29, 1.82) is 0 Å². The number of nitrogens with zero attached hydrogens (tertiary/aromatic N) is 8. The second-order valence-corrected chi connectivity index (χ2v) is 8.59. The van der Waals surface area contributed by atoms with Gasteiger partial charge in [0.25, 0.3) is 5.91 Å². The Morgan fingerprint density at radius 2 is 1.94 bits per heavy atom. The first kappa shape index (κ1) is 23.5. The summed E-state index contributed by atoms with van der Waals surface area (Å²) in [5.74, 6) is 0.689. The number of carbonyl (C=O) groups excluding carboxylic acids is 1. The zero-order valence-corrected chi connectivity index (χ0v) is 19.7. The van der Waals surface area contributed by atoms with Gasteiger partial charge in [-0.2, -0.15) is 18.3 Å². The van der Waals surface area contributed by atoms with Crippen LogP contribution in [0, 0.1) is 6.92 Å². The monoisotopic (exact) mass is 497 g/mol. The lowest BCUT2D eigenvalue weighted by Gasteiger charge is -2.34. The summed E-state index contributed by atoms with van der Waals surface area (Å²) in [7, 11) is 1.79. The van der Waals surface area contributed by atoms with Gasteiger partial charge >= 0.3 is 6.18 Å². The van der Waals surface area contributed by atoms with E-state index in [1.165, 1.54) is 11.1 Å². The van der Waals surface area contributed by atoms with E-state index in [-0.39, 0.29) is 18.3 Å². The predicted molar refractivity (Wildman–Crippen MR) is 123 cm³/mol. The van der Waals surface area contributed by atoms with Crippen LogP contribution in [0.15, 0.2) is 43.1 Å². The Hall–Kier alpha value is -4.29. The molecular weight excluding hydrogens is 475 g/mol. The van der Waals surface area contributed by atoms with Crippen LogP contribution in [0.4, 0.5) is 24.9 Å². The molecule has 0 unspecified atom stereocenters. The molecule has 4 aromatic heterocycles. The fraction of sp³-hybridized carbons (Fsp3) is 0.304. The van der Waals surface area contributed by atoms with Crippen LogP contribution in [0.3, 0.4) is 0 Å². The molecule has 0 fully saturated rings. The van der Waals surface area contributed by atoms with Crippen LogP contribution in [0.25, 0.3) is 11.3 Å². The molecule has 0 aliphatic carbocycles. The number of nitrogens with one attached hydrogen (secondary N) is 1. The Kier molecular flexibility index (Phi) is 5.69. The minimum absolute atomic E-state index is 0.289. The van der Waals surface area contributed by atoms with Crippen molar-refractivity contribution in [2.75, 3.05) is 5.32 Å². The van der Waals surface area contributed by atoms with Crippen molar-refractivity contribution in [2.45, 2.75) is 39.2 Å². The van der Waals surface area contributed by atoms with Crippen LogP contribution in [0.2, 0.25) is 0 Å². The maximum atomic E-state index is 13.4. The minimum atomic E-state index is -4.66. The van der Waals surface area contributed by atoms with Crippen molar-refractivity contribution < 1.29 is 18.0 Å². The van der Waals surface area contributed by atoms with Gasteiger partial charge in [-0.1, -0.05) is 0 Å². The third-order valence-electron chi connectivity index (χ3n) is 6.04. The van der Waals surface area contributed by atoms with Gasteiger partial charge in [0.15, 0.2) is 5.69 Å². The highest BCUT2D eigenvalue weighted by molar-refractivity contribution is 5.95. The van der Waals surface area contributed by atoms with Crippen molar-refractivity contribution in [3.05, 3.63) is 65.8 Å². The Morgan fingerprint density at radius 1 is 1.17 bits per heavy atom. The van der Waals surface area contributed by atoms with E-state index >= 15 is 0 Å². The summed E-state index contributed by atoms with van der Waals surface area (Å²) >= 11 is 0. The number of aromatic nitrogens is 7. The molecule has 0 saturated heterocycles. The van der Waals surface area contributed by atoms with Crippen LogP contribution < -0.4 is 5.32 Å². The van der Waals surface area contributed by atoms with Crippen LogP contribution in [0.1, 0.15) is 34.4 Å². The van der Waals surface area contributed by atoms with E-state index in [4.69, 9.17) is 0 Å². The summed E-state index contributed by atoms with van der Waals surface area (Å²) in [6, 6.07) is 3.13. The standard InChI is InChI=1S/C23H22F3N9O/c1-13-9-29-22(31-18-4-5-30-33(18)3)32-19(13)15-8-17-21(36)35(14(2)10-34(17)11-15)12-16-20(23(24,25)26)28-7-6-27-16/h4-9,11,14H,10,12H2,1-3H3,(H,29,31,32)/t14-/m0/s1. The smallest absolute Gasteiger partial charge is 0.341 e. The number of halogens is 3. The SMILES string of the molecule is Cc1cnc(Nc2ccnn2C)nc1-c1cc2n(c1)C[C@H](C)N(Cc1nccnc1C(F)(F)F)C2=O. The van der Waals surface area contributed by atoms with Crippen molar-refractivity contribution in [2.24, 2.45) is 7.05 Å². The molecule has 5 heterocycles. The highest BCUT2D eigenvalue weighted by Crippen LogP contribution is 2.32. The van der Waals surface area contributed by atoms with Crippen LogP contribution in [-0.2, 0) is 26.3 Å². The van der Waals surface area contributed by atoms with E-state index in [9.17, 15) is 18.0 Å². The van der Waals surface area contributed by atoms with Crippen molar-refractivity contribution in [3.8, 4) is 11.3 Å². The molecule has 10 nitrogen and oxygen atoms in total. The number of rotatable bonds is 5. The van der Waals surface area contributed by atoms with Crippen LogP contribution >= 0.6 is 0 Å². The third-order valence-corrected chi connectivity index (χ3v) is 6.04. The highest BCUT2D eigenvalue weighted by Gasteiger charge is 2.38. The lowest BCUT2D eigenvalue weighted by Crippen LogP contribution is -2.46. The van der Waals surface area contributed by atoms with Gasteiger partial charge in [0.05, 0.1) is 24.1 Å². The number of hydrogen-bond donors (Lipinski definition) is 1. The summed E-state index contributed by atoms with van der Waals surface area (Å²) in [6.07, 6.45) is 2.68. The molecule has 1 atom stereocenters. The first-order chi connectivity index (χ1) is 17.1. The maximum absolute atomic E-state index is 13.4. The van der Waals surface area contributed by atoms with Gasteiger partial charge in [-0.15, -0.1) is 0 Å². The Labute approximate surface area is 203 Å². The Morgan fingerprint density at radius 3 is 2.67 bits per heavy atom. The molecule has 5 rings (SSSR count). The van der Waals surface area contributed by atoms with Crippen molar-refractivity contribution in [3.63, 3.8) is 0 Å². The Balaban J connectivity index is 1.44. The molecule has 1 amide bonds. The van der Waals surface area contributed by atoms with Gasteiger partial charge < -0.3 is 14.8 Å². The maximum Gasteiger partial charge on any atom is 0.435 e. The van der Waals surface area contributed by atoms with Crippen molar-refractivity contribution in [1.82, 2.24) is 39.2 Å². The normalized spacial score (nSPS) is 15.8. The molecule has 186 valence electrons. The van der Waals surface area contributed by atoms with Crippen molar-refractivity contribution >= 4 is 17.7 Å². The number of fused-ring (bicyclic) bond motifs is 1. The summed E-state index contributed by atoms with van der Waals surface area (Å²) in [6.45, 7) is 3.76. The van der Waals surface area contributed by atoms with E-state index in [2.05, 4.69) is 30.4 Å². The first-order valence-electron chi connectivity index (χ1n) is 11.1. The molecule has 0 saturated carbocycles. The lowest BCUT2D eigenvalue weighted by atomic mass is 10.1. The van der Waals surface area contributed by atoms with E-state index in [0.29, 0.717) is 35.3 Å². The molecule has 1 aliphatic rings. The number of anilines is 2. The number of carbonyl (C=O) groups is 1. The number of hydrogen-bond acceptors (Lipinski definition) is 7. The number of aryl methyl sites for hydroxylation is 2. The average Bonchev–Trinajstić information content (AvgIpc) is 3.43. The largest absolute Gasteiger partial charge is 0.435 e. The minimum Gasteiger partial charge on any atom is -0.341 e. The zero-order chi connectivity index (χ0) is 25.6. The average molecular weight is 497 g/mol. The molecule has 0 spiro atoms. The summed E-state index contributed by atoms with van der Waals surface area (Å²) in [4.78, 5) is 31.0. The molecule has 0 aromatic carbocycles. The van der Waals surface area contributed by atoms with E-state index in [1.54, 1.807) is 47.7 Å². The summed E-state index contributed by atoms with van der Waals surface area (Å²) < 4.78 is 43.7. The predicted octanol–water partition coefficient (Wildman–Crippen LogP) is 3.58. The van der Waals surface area contributed by atoms with Gasteiger partial charge in [0, 0.05) is 56.1 Å². The third kappa shape index (κ3) is 4.27. The lowest BCUT2D eigenvalue weighted by molar-refractivity contribution is -0.142. The zero-order valence-electron chi connectivity index (χ0n) is 19.7. The summed E-state index contributed by atoms with van der Waals surface area (Å²) in [5, 5.41) is 7.22. The number of alkyl halides is 3.